The van der Waals surface area contributed by atoms with E-state index in [9.17, 15) is 9.59 Å². The van der Waals surface area contributed by atoms with Gasteiger partial charge in [-0.3, -0.25) is 9.59 Å². The van der Waals surface area contributed by atoms with E-state index in [1.54, 1.807) is 0 Å². The smallest absolute Gasteiger partial charge is 0.229 e. The molecule has 1 aliphatic heterocycles. The van der Waals surface area contributed by atoms with Gasteiger partial charge in [0.25, 0.3) is 0 Å². The number of carbonyl (C=O) groups excluding carboxylic acids is 2. The number of carbonyl (C=O) groups is 2. The van der Waals surface area contributed by atoms with Crippen molar-refractivity contribution in [2.75, 3.05) is 11.9 Å². The Kier molecular flexibility index (Phi) is 3.95. The van der Waals surface area contributed by atoms with Gasteiger partial charge >= 0.3 is 0 Å². The summed E-state index contributed by atoms with van der Waals surface area (Å²) in [6.45, 7) is 2.69. The van der Waals surface area contributed by atoms with E-state index in [4.69, 9.17) is 0 Å². The monoisotopic (exact) mass is 286 g/mol. The van der Waals surface area contributed by atoms with Gasteiger partial charge in [0.1, 0.15) is 0 Å². The topological polar surface area (TPSA) is 49.4 Å². The molecule has 4 heteroatoms. The molecule has 2 fully saturated rings. The summed E-state index contributed by atoms with van der Waals surface area (Å²) in [6.07, 6.45) is 4.74. The predicted octanol–water partition coefficient (Wildman–Crippen LogP) is 2.59. The Morgan fingerprint density at radius 1 is 1.29 bits per heavy atom. The van der Waals surface area contributed by atoms with Crippen molar-refractivity contribution in [3.8, 4) is 0 Å². The summed E-state index contributed by atoms with van der Waals surface area (Å²) in [7, 11) is 0. The second-order valence-electron chi connectivity index (χ2n) is 6.07. The normalized spacial score (nSPS) is 22.2. The first-order chi connectivity index (χ1) is 10.2. The fourth-order valence-corrected chi connectivity index (χ4v) is 3.03. The molecular formula is C17H22N2O2. The lowest BCUT2D eigenvalue weighted by Gasteiger charge is -2.34. The van der Waals surface area contributed by atoms with Crippen molar-refractivity contribution in [2.24, 2.45) is 5.92 Å². The van der Waals surface area contributed by atoms with Gasteiger partial charge in [-0.05, 0) is 43.4 Å². The van der Waals surface area contributed by atoms with E-state index >= 15 is 0 Å². The molecule has 1 saturated heterocycles. The summed E-state index contributed by atoms with van der Waals surface area (Å²) >= 11 is 0. The molecule has 2 amide bonds. The summed E-state index contributed by atoms with van der Waals surface area (Å²) in [6, 6.07) is 8.29. The van der Waals surface area contributed by atoms with E-state index in [1.807, 2.05) is 29.2 Å². The number of likely N-dealkylation sites (tertiary alicyclic amines) is 1. The number of aryl methyl sites for hydroxylation is 1. The quantitative estimate of drug-likeness (QED) is 0.925. The Morgan fingerprint density at radius 2 is 2.00 bits per heavy atom. The average molecular weight is 286 g/mol. The molecule has 1 atom stereocenters. The highest BCUT2D eigenvalue weighted by Gasteiger charge is 2.39. The van der Waals surface area contributed by atoms with Crippen LogP contribution in [0.5, 0.6) is 0 Å². The molecule has 1 heterocycles. The first-order valence-electron chi connectivity index (χ1n) is 7.86. The largest absolute Gasteiger partial charge is 0.339 e. The van der Waals surface area contributed by atoms with Crippen LogP contribution in [0.4, 0.5) is 5.69 Å². The van der Waals surface area contributed by atoms with Crippen LogP contribution in [0, 0.1) is 5.92 Å². The molecule has 4 nitrogen and oxygen atoms in total. The van der Waals surface area contributed by atoms with Gasteiger partial charge in [-0.15, -0.1) is 0 Å². The molecule has 1 saturated carbocycles. The second kappa shape index (κ2) is 5.88. The molecule has 1 unspecified atom stereocenters. The van der Waals surface area contributed by atoms with Gasteiger partial charge in [-0.2, -0.15) is 0 Å². The first-order valence-corrected chi connectivity index (χ1v) is 7.86. The molecule has 21 heavy (non-hydrogen) atoms. The van der Waals surface area contributed by atoms with E-state index in [2.05, 4.69) is 12.2 Å². The van der Waals surface area contributed by atoms with E-state index < -0.39 is 0 Å². The predicted molar refractivity (Wildman–Crippen MR) is 81.9 cm³/mol. The maximum atomic E-state index is 12.3. The Bertz CT molecular complexity index is 534. The zero-order chi connectivity index (χ0) is 14.8. The van der Waals surface area contributed by atoms with E-state index in [0.29, 0.717) is 19.0 Å². The highest BCUT2D eigenvalue weighted by atomic mass is 16.2. The molecule has 2 aliphatic rings. The summed E-state index contributed by atoms with van der Waals surface area (Å²) in [5.74, 6) is -0.0976. The van der Waals surface area contributed by atoms with Gasteiger partial charge in [0.15, 0.2) is 0 Å². The van der Waals surface area contributed by atoms with Crippen molar-refractivity contribution in [2.45, 2.75) is 45.1 Å². The van der Waals surface area contributed by atoms with Crippen LogP contribution >= 0.6 is 0 Å². The Morgan fingerprint density at radius 3 is 2.57 bits per heavy atom. The van der Waals surface area contributed by atoms with Crippen LogP contribution in [0.2, 0.25) is 0 Å². The standard InChI is InChI=1S/C17H22N2O2/c1-2-12-6-8-14(9-7-12)18-17(21)13-10-16(20)19(11-13)15-4-3-5-15/h6-9,13,15H,2-5,10-11H2,1H3,(H,18,21). The molecular weight excluding hydrogens is 264 g/mol. The van der Waals surface area contributed by atoms with Gasteiger partial charge < -0.3 is 10.2 Å². The third kappa shape index (κ3) is 2.94. The minimum Gasteiger partial charge on any atom is -0.339 e. The molecule has 0 aromatic heterocycles. The van der Waals surface area contributed by atoms with Crippen LogP contribution in [0.1, 0.15) is 38.2 Å². The minimum atomic E-state index is -0.205. The van der Waals surface area contributed by atoms with Gasteiger partial charge in [0.05, 0.1) is 5.92 Å². The van der Waals surface area contributed by atoms with Crippen molar-refractivity contribution < 1.29 is 9.59 Å². The highest BCUT2D eigenvalue weighted by molar-refractivity contribution is 5.97. The Hall–Kier alpha value is -1.84. The van der Waals surface area contributed by atoms with Crippen LogP contribution in [0.25, 0.3) is 0 Å². The lowest BCUT2D eigenvalue weighted by atomic mass is 9.92. The van der Waals surface area contributed by atoms with Crippen LogP contribution < -0.4 is 5.32 Å². The van der Waals surface area contributed by atoms with Crippen LogP contribution in [0.3, 0.4) is 0 Å². The van der Waals surface area contributed by atoms with Crippen molar-refractivity contribution in [3.05, 3.63) is 29.8 Å². The third-order valence-corrected chi connectivity index (χ3v) is 4.67. The minimum absolute atomic E-state index is 0.0329. The number of nitrogens with one attached hydrogen (secondary N) is 1. The summed E-state index contributed by atoms with van der Waals surface area (Å²) < 4.78 is 0. The van der Waals surface area contributed by atoms with Crippen molar-refractivity contribution in [1.82, 2.24) is 4.90 Å². The lowest BCUT2D eigenvalue weighted by molar-refractivity contribution is -0.131. The third-order valence-electron chi connectivity index (χ3n) is 4.67. The maximum Gasteiger partial charge on any atom is 0.229 e. The number of anilines is 1. The van der Waals surface area contributed by atoms with Gasteiger partial charge in [0.2, 0.25) is 11.8 Å². The number of nitrogens with zero attached hydrogens (tertiary/aromatic N) is 1. The molecule has 112 valence electrons. The van der Waals surface area contributed by atoms with Crippen LogP contribution in [-0.2, 0) is 16.0 Å². The zero-order valence-corrected chi connectivity index (χ0v) is 12.5. The number of rotatable bonds is 4. The molecule has 1 aliphatic carbocycles. The van der Waals surface area contributed by atoms with Crippen molar-refractivity contribution >= 4 is 17.5 Å². The Balaban J connectivity index is 1.59. The number of hydrogen-bond donors (Lipinski definition) is 1. The SMILES string of the molecule is CCc1ccc(NC(=O)C2CC(=O)N(C3CCC3)C2)cc1. The van der Waals surface area contributed by atoms with Crippen molar-refractivity contribution in [3.63, 3.8) is 0 Å². The van der Waals surface area contributed by atoms with Gasteiger partial charge in [-0.25, -0.2) is 0 Å². The lowest BCUT2D eigenvalue weighted by Crippen LogP contribution is -2.41. The zero-order valence-electron chi connectivity index (χ0n) is 12.5. The summed E-state index contributed by atoms with van der Waals surface area (Å²) in [5.41, 5.74) is 2.06. The van der Waals surface area contributed by atoms with Crippen LogP contribution in [0.15, 0.2) is 24.3 Å². The molecule has 3 rings (SSSR count). The molecule has 1 aromatic rings. The van der Waals surface area contributed by atoms with E-state index in [0.717, 1.165) is 24.9 Å². The molecule has 0 bridgehead atoms. The number of benzene rings is 1. The number of amides is 2. The number of hydrogen-bond acceptors (Lipinski definition) is 2. The fourth-order valence-electron chi connectivity index (χ4n) is 3.03. The van der Waals surface area contributed by atoms with Gasteiger partial charge in [0, 0.05) is 24.7 Å². The summed E-state index contributed by atoms with van der Waals surface area (Å²) in [5, 5.41) is 2.93. The van der Waals surface area contributed by atoms with Crippen molar-refractivity contribution in [1.29, 1.82) is 0 Å². The average Bonchev–Trinajstić information content (AvgIpc) is 2.80. The fraction of sp³-hybridized carbons (Fsp3) is 0.529. The first kappa shape index (κ1) is 14.1. The maximum absolute atomic E-state index is 12.3. The highest BCUT2D eigenvalue weighted by Crippen LogP contribution is 2.31. The van der Waals surface area contributed by atoms with Gasteiger partial charge in [-0.1, -0.05) is 19.1 Å². The summed E-state index contributed by atoms with van der Waals surface area (Å²) in [4.78, 5) is 26.2. The van der Waals surface area contributed by atoms with E-state index in [-0.39, 0.29) is 17.7 Å². The Labute approximate surface area is 125 Å². The second-order valence-corrected chi connectivity index (χ2v) is 6.07. The molecule has 1 aromatic carbocycles. The van der Waals surface area contributed by atoms with Crippen LogP contribution in [-0.4, -0.2) is 29.3 Å². The molecule has 0 radical (unpaired) electrons. The van der Waals surface area contributed by atoms with E-state index in [1.165, 1.54) is 12.0 Å². The molecule has 1 N–H and O–H groups in total. The molecule has 0 spiro atoms.